The number of benzene rings is 2. The number of nitro groups is 1. The number of amides is 1. The monoisotopic (exact) mass is 451 g/mol. The average Bonchev–Trinajstić information content (AvgIpc) is 3.05. The van der Waals surface area contributed by atoms with Crippen molar-refractivity contribution < 1.29 is 18.1 Å². The minimum absolute atomic E-state index is 0.0157. The fourth-order valence-corrected chi connectivity index (χ4v) is 5.35. The Morgan fingerprint density at radius 2 is 1.87 bits per heavy atom. The number of hydrogen-bond donors (Lipinski definition) is 0. The molecule has 0 aliphatic carbocycles. The molecule has 2 aromatic carbocycles. The largest absolute Gasteiger partial charge is 0.378 e. The molecule has 2 aromatic rings. The molecule has 3 rings (SSSR count). The lowest BCUT2D eigenvalue weighted by Gasteiger charge is -2.29. The zero-order valence-electron chi connectivity index (χ0n) is 16.6. The van der Waals surface area contributed by atoms with Crippen LogP contribution in [0.4, 0.5) is 11.4 Å². The first-order valence-corrected chi connectivity index (χ1v) is 11.5. The van der Waals surface area contributed by atoms with Crippen LogP contribution in [0.2, 0.25) is 5.02 Å². The quantitative estimate of drug-likeness (QED) is 0.494. The summed E-state index contributed by atoms with van der Waals surface area (Å²) in [7, 11) is 0.612. The summed E-state index contributed by atoms with van der Waals surface area (Å²) < 4.78 is 24.0. The van der Waals surface area contributed by atoms with Gasteiger partial charge in [-0.15, -0.1) is 0 Å². The molecule has 0 spiro atoms. The first-order valence-electron chi connectivity index (χ1n) is 9.29. The van der Waals surface area contributed by atoms with Gasteiger partial charge in [-0.2, -0.15) is 0 Å². The third kappa shape index (κ3) is 4.91. The molecule has 30 heavy (non-hydrogen) atoms. The predicted octanol–water partition coefficient (Wildman–Crippen LogP) is 3.14. The molecule has 1 heterocycles. The van der Waals surface area contributed by atoms with Gasteiger partial charge in [0.15, 0.2) is 9.84 Å². The highest BCUT2D eigenvalue weighted by Crippen LogP contribution is 2.28. The second-order valence-corrected chi connectivity index (χ2v) is 10.1. The predicted molar refractivity (Wildman–Crippen MR) is 116 cm³/mol. The number of rotatable bonds is 6. The molecular weight excluding hydrogens is 430 g/mol. The standard InChI is InChI=1S/C20H22ClN3O5S/c1-22(2)16-6-3-14(4-7-16)12-23(17-9-10-30(28,29)13-17)20(25)15-5-8-18(21)19(11-15)24(26)27/h3-8,11,17H,9-10,12-13H2,1-2H3/t17-/m1/s1. The van der Waals surface area contributed by atoms with Gasteiger partial charge in [0.05, 0.1) is 16.4 Å². The smallest absolute Gasteiger partial charge is 0.288 e. The van der Waals surface area contributed by atoms with Gasteiger partial charge in [0, 0.05) is 44.0 Å². The Hall–Kier alpha value is -2.65. The number of sulfone groups is 1. The Balaban J connectivity index is 1.94. The lowest BCUT2D eigenvalue weighted by molar-refractivity contribution is -0.384. The van der Waals surface area contributed by atoms with E-state index in [4.69, 9.17) is 11.6 Å². The zero-order valence-corrected chi connectivity index (χ0v) is 18.2. The number of anilines is 1. The molecule has 0 aromatic heterocycles. The number of nitrogens with zero attached hydrogens (tertiary/aromatic N) is 3. The van der Waals surface area contributed by atoms with Crippen molar-refractivity contribution in [2.45, 2.75) is 19.0 Å². The fourth-order valence-electron chi connectivity index (χ4n) is 3.44. The fraction of sp³-hybridized carbons (Fsp3) is 0.350. The van der Waals surface area contributed by atoms with E-state index < -0.39 is 26.7 Å². The summed E-state index contributed by atoms with van der Waals surface area (Å²) in [6.07, 6.45) is 0.333. The Bertz CT molecular complexity index is 1070. The van der Waals surface area contributed by atoms with Crippen molar-refractivity contribution in [3.8, 4) is 0 Å². The summed E-state index contributed by atoms with van der Waals surface area (Å²) >= 11 is 5.86. The first kappa shape index (κ1) is 22.0. The van der Waals surface area contributed by atoms with Crippen molar-refractivity contribution in [3.05, 3.63) is 68.7 Å². The van der Waals surface area contributed by atoms with E-state index in [1.807, 2.05) is 43.3 Å². The third-order valence-electron chi connectivity index (χ3n) is 5.11. The molecule has 0 saturated carbocycles. The molecule has 0 bridgehead atoms. The van der Waals surface area contributed by atoms with E-state index in [0.29, 0.717) is 6.42 Å². The molecule has 1 aliphatic heterocycles. The van der Waals surface area contributed by atoms with E-state index in [1.165, 1.54) is 17.0 Å². The number of carbonyl (C=O) groups excluding carboxylic acids is 1. The summed E-state index contributed by atoms with van der Waals surface area (Å²) in [4.78, 5) is 27.3. The van der Waals surface area contributed by atoms with Crippen molar-refractivity contribution in [3.63, 3.8) is 0 Å². The van der Waals surface area contributed by atoms with Crippen molar-refractivity contribution >= 4 is 38.7 Å². The number of halogens is 1. The van der Waals surface area contributed by atoms with Crippen molar-refractivity contribution in [1.29, 1.82) is 0 Å². The molecule has 1 atom stereocenters. The van der Waals surface area contributed by atoms with E-state index in [1.54, 1.807) is 0 Å². The molecule has 1 aliphatic rings. The number of nitro benzene ring substituents is 1. The topological polar surface area (TPSA) is 101 Å². The third-order valence-corrected chi connectivity index (χ3v) is 7.18. The highest BCUT2D eigenvalue weighted by Gasteiger charge is 2.35. The van der Waals surface area contributed by atoms with Gasteiger partial charge in [-0.1, -0.05) is 23.7 Å². The van der Waals surface area contributed by atoms with Crippen molar-refractivity contribution in [2.75, 3.05) is 30.5 Å². The molecule has 8 nitrogen and oxygen atoms in total. The second-order valence-electron chi connectivity index (χ2n) is 7.47. The molecule has 160 valence electrons. The minimum Gasteiger partial charge on any atom is -0.378 e. The zero-order chi connectivity index (χ0) is 22.1. The molecule has 10 heteroatoms. The molecular formula is C20H22ClN3O5S. The Labute approximate surface area is 180 Å². The van der Waals surface area contributed by atoms with Gasteiger partial charge in [-0.05, 0) is 36.2 Å². The van der Waals surface area contributed by atoms with Gasteiger partial charge < -0.3 is 9.80 Å². The van der Waals surface area contributed by atoms with Crippen LogP contribution in [-0.4, -0.2) is 55.8 Å². The van der Waals surface area contributed by atoms with Gasteiger partial charge in [0.2, 0.25) is 0 Å². The summed E-state index contributed by atoms with van der Waals surface area (Å²) in [6, 6.07) is 11.0. The maximum atomic E-state index is 13.3. The minimum atomic E-state index is -3.22. The normalized spacial score (nSPS) is 17.5. The van der Waals surface area contributed by atoms with Crippen LogP contribution < -0.4 is 4.90 Å². The van der Waals surface area contributed by atoms with Crippen LogP contribution in [0.15, 0.2) is 42.5 Å². The van der Waals surface area contributed by atoms with Crippen LogP contribution in [0.3, 0.4) is 0 Å². The van der Waals surface area contributed by atoms with Crippen LogP contribution in [0.25, 0.3) is 0 Å². The molecule has 0 radical (unpaired) electrons. The maximum absolute atomic E-state index is 13.3. The summed E-state index contributed by atoms with van der Waals surface area (Å²) in [5.41, 5.74) is 1.56. The lowest BCUT2D eigenvalue weighted by Crippen LogP contribution is -2.40. The van der Waals surface area contributed by atoms with E-state index >= 15 is 0 Å². The highest BCUT2D eigenvalue weighted by molar-refractivity contribution is 7.91. The second kappa shape index (κ2) is 8.61. The van der Waals surface area contributed by atoms with Crippen molar-refractivity contribution in [2.24, 2.45) is 0 Å². The number of hydrogen-bond acceptors (Lipinski definition) is 6. The molecule has 1 amide bonds. The van der Waals surface area contributed by atoms with Gasteiger partial charge in [0.25, 0.3) is 11.6 Å². The van der Waals surface area contributed by atoms with Crippen LogP contribution in [0.5, 0.6) is 0 Å². The maximum Gasteiger partial charge on any atom is 0.288 e. The van der Waals surface area contributed by atoms with Gasteiger partial charge in [-0.25, -0.2) is 8.42 Å². The SMILES string of the molecule is CN(C)c1ccc(CN(C(=O)c2ccc(Cl)c([N+](=O)[O-])c2)[C@@H]2CCS(=O)(=O)C2)cc1. The Morgan fingerprint density at radius 1 is 1.20 bits per heavy atom. The number of carbonyl (C=O) groups is 1. The van der Waals surface area contributed by atoms with Crippen LogP contribution in [0.1, 0.15) is 22.3 Å². The Morgan fingerprint density at radius 3 is 2.40 bits per heavy atom. The molecule has 1 saturated heterocycles. The van der Waals surface area contributed by atoms with E-state index in [2.05, 4.69) is 0 Å². The summed E-state index contributed by atoms with van der Waals surface area (Å²) in [6.45, 7) is 0.198. The molecule has 1 fully saturated rings. The average molecular weight is 452 g/mol. The lowest BCUT2D eigenvalue weighted by atomic mass is 10.1. The van der Waals surface area contributed by atoms with Gasteiger partial charge in [0.1, 0.15) is 5.02 Å². The van der Waals surface area contributed by atoms with Crippen molar-refractivity contribution in [1.82, 2.24) is 4.90 Å². The van der Waals surface area contributed by atoms with Crippen LogP contribution in [-0.2, 0) is 16.4 Å². The van der Waals surface area contributed by atoms with Crippen LogP contribution in [0, 0.1) is 10.1 Å². The first-order chi connectivity index (χ1) is 14.1. The molecule has 0 N–H and O–H groups in total. The summed E-state index contributed by atoms with van der Waals surface area (Å²) in [5, 5.41) is 11.1. The van der Waals surface area contributed by atoms with Crippen LogP contribution >= 0.6 is 11.6 Å². The van der Waals surface area contributed by atoms with E-state index in [9.17, 15) is 23.3 Å². The van der Waals surface area contributed by atoms with E-state index in [0.717, 1.165) is 17.3 Å². The van der Waals surface area contributed by atoms with Gasteiger partial charge >= 0.3 is 0 Å². The van der Waals surface area contributed by atoms with Gasteiger partial charge in [-0.3, -0.25) is 14.9 Å². The van der Waals surface area contributed by atoms with E-state index in [-0.39, 0.29) is 34.3 Å². The summed E-state index contributed by atoms with van der Waals surface area (Å²) in [5.74, 6) is -0.569. The molecule has 0 unspecified atom stereocenters. The highest BCUT2D eigenvalue weighted by atomic mass is 35.5. The Kier molecular flexibility index (Phi) is 6.33.